The van der Waals surface area contributed by atoms with Gasteiger partial charge in [-0.3, -0.25) is 4.79 Å². The van der Waals surface area contributed by atoms with E-state index in [9.17, 15) is 9.90 Å². The molecular formula is C18H17ClO2. The van der Waals surface area contributed by atoms with Gasteiger partial charge >= 0.3 is 5.97 Å². The molecule has 2 aromatic carbocycles. The number of benzene rings is 2. The fraction of sp³-hybridized carbons (Fsp3) is 0.278. The zero-order chi connectivity index (χ0) is 14.8. The molecule has 0 saturated carbocycles. The summed E-state index contributed by atoms with van der Waals surface area (Å²) in [6.07, 6.45) is 2.16. The number of hydrogen-bond donors (Lipinski definition) is 1. The summed E-state index contributed by atoms with van der Waals surface area (Å²) < 4.78 is 0. The van der Waals surface area contributed by atoms with Crippen LogP contribution in [0.3, 0.4) is 0 Å². The molecule has 21 heavy (non-hydrogen) atoms. The molecular weight excluding hydrogens is 284 g/mol. The largest absolute Gasteiger partial charge is 0.481 e. The maximum Gasteiger partial charge on any atom is 0.306 e. The minimum Gasteiger partial charge on any atom is -0.481 e. The summed E-state index contributed by atoms with van der Waals surface area (Å²) in [7, 11) is 0. The number of halogens is 1. The quantitative estimate of drug-likeness (QED) is 0.893. The SMILES string of the molecule is O=C(O)C(Cc1ccccc1Cl)CC1Cc2ccccc21. The van der Waals surface area contributed by atoms with Crippen LogP contribution in [0, 0.1) is 5.92 Å². The Kier molecular flexibility index (Phi) is 3.98. The van der Waals surface area contributed by atoms with Crippen molar-refractivity contribution in [3.63, 3.8) is 0 Å². The van der Waals surface area contributed by atoms with Crippen LogP contribution in [0.5, 0.6) is 0 Å². The molecule has 3 rings (SSSR count). The lowest BCUT2D eigenvalue weighted by Crippen LogP contribution is -2.25. The minimum absolute atomic E-state index is 0.366. The molecule has 1 N–H and O–H groups in total. The van der Waals surface area contributed by atoms with E-state index in [0.717, 1.165) is 12.0 Å². The standard InChI is InChI=1S/C18H17ClO2/c19-17-8-4-2-6-13(17)10-15(18(20)21)11-14-9-12-5-1-3-7-16(12)14/h1-8,14-15H,9-11H2,(H,20,21). The van der Waals surface area contributed by atoms with Gasteiger partial charge < -0.3 is 5.11 Å². The van der Waals surface area contributed by atoms with Crippen LogP contribution in [-0.2, 0) is 17.6 Å². The van der Waals surface area contributed by atoms with Crippen molar-refractivity contribution in [3.8, 4) is 0 Å². The smallest absolute Gasteiger partial charge is 0.306 e. The Bertz CT molecular complexity index is 666. The van der Waals surface area contributed by atoms with Crippen molar-refractivity contribution >= 4 is 17.6 Å². The Balaban J connectivity index is 1.72. The van der Waals surface area contributed by atoms with Crippen LogP contribution in [-0.4, -0.2) is 11.1 Å². The Morgan fingerprint density at radius 2 is 1.90 bits per heavy atom. The third kappa shape index (κ3) is 2.96. The monoisotopic (exact) mass is 300 g/mol. The van der Waals surface area contributed by atoms with Crippen molar-refractivity contribution in [1.29, 1.82) is 0 Å². The summed E-state index contributed by atoms with van der Waals surface area (Å²) in [5.41, 5.74) is 3.58. The Hall–Kier alpha value is -1.80. The molecule has 2 unspecified atom stereocenters. The van der Waals surface area contributed by atoms with Gasteiger partial charge in [0, 0.05) is 5.02 Å². The van der Waals surface area contributed by atoms with Gasteiger partial charge in [-0.2, -0.15) is 0 Å². The van der Waals surface area contributed by atoms with Gasteiger partial charge in [-0.1, -0.05) is 54.1 Å². The molecule has 0 spiro atoms. The average molecular weight is 301 g/mol. The summed E-state index contributed by atoms with van der Waals surface area (Å²) in [6.45, 7) is 0. The first-order valence-corrected chi connectivity index (χ1v) is 7.57. The van der Waals surface area contributed by atoms with Gasteiger partial charge in [0.15, 0.2) is 0 Å². The molecule has 0 amide bonds. The molecule has 0 aliphatic heterocycles. The predicted octanol–water partition coefficient (Wildman–Crippen LogP) is 4.31. The molecule has 2 nitrogen and oxygen atoms in total. The van der Waals surface area contributed by atoms with Crippen LogP contribution >= 0.6 is 11.6 Å². The molecule has 2 aromatic rings. The molecule has 0 radical (unpaired) electrons. The van der Waals surface area contributed by atoms with Crippen molar-refractivity contribution in [2.45, 2.75) is 25.2 Å². The van der Waals surface area contributed by atoms with Gasteiger partial charge in [0.25, 0.3) is 0 Å². The second kappa shape index (κ2) is 5.90. The second-order valence-corrected chi connectivity index (χ2v) is 6.07. The minimum atomic E-state index is -0.737. The fourth-order valence-corrected chi connectivity index (χ4v) is 3.33. The van der Waals surface area contributed by atoms with E-state index in [1.54, 1.807) is 0 Å². The number of carboxylic acid groups (broad SMARTS) is 1. The molecule has 2 atom stereocenters. The van der Waals surface area contributed by atoms with Gasteiger partial charge in [-0.15, -0.1) is 0 Å². The third-order valence-corrected chi connectivity index (χ3v) is 4.67. The van der Waals surface area contributed by atoms with Crippen LogP contribution in [0.1, 0.15) is 29.0 Å². The van der Waals surface area contributed by atoms with E-state index in [4.69, 9.17) is 11.6 Å². The van der Waals surface area contributed by atoms with E-state index >= 15 is 0 Å². The summed E-state index contributed by atoms with van der Waals surface area (Å²) in [4.78, 5) is 11.6. The number of carbonyl (C=O) groups is 1. The first-order valence-electron chi connectivity index (χ1n) is 7.19. The van der Waals surface area contributed by atoms with Gasteiger partial charge in [-0.05, 0) is 47.9 Å². The predicted molar refractivity (Wildman–Crippen MR) is 83.8 cm³/mol. The maximum atomic E-state index is 11.6. The molecule has 0 fully saturated rings. The van der Waals surface area contributed by atoms with Crippen molar-refractivity contribution in [2.24, 2.45) is 5.92 Å². The highest BCUT2D eigenvalue weighted by Gasteiger charge is 2.31. The second-order valence-electron chi connectivity index (χ2n) is 5.67. The van der Waals surface area contributed by atoms with Crippen molar-refractivity contribution in [1.82, 2.24) is 0 Å². The van der Waals surface area contributed by atoms with Crippen LogP contribution in [0.25, 0.3) is 0 Å². The topological polar surface area (TPSA) is 37.3 Å². The normalized spacial score (nSPS) is 17.7. The first kappa shape index (κ1) is 14.2. The summed E-state index contributed by atoms with van der Waals surface area (Å²) in [5, 5.41) is 10.1. The highest BCUT2D eigenvalue weighted by Crippen LogP contribution is 2.40. The van der Waals surface area contributed by atoms with E-state index < -0.39 is 5.97 Å². The van der Waals surface area contributed by atoms with E-state index in [1.165, 1.54) is 11.1 Å². The van der Waals surface area contributed by atoms with E-state index in [0.29, 0.717) is 23.8 Å². The number of carboxylic acids is 1. The van der Waals surface area contributed by atoms with Crippen LogP contribution in [0.2, 0.25) is 5.02 Å². The van der Waals surface area contributed by atoms with Gasteiger partial charge in [0.2, 0.25) is 0 Å². The molecule has 0 heterocycles. The summed E-state index contributed by atoms with van der Waals surface area (Å²) in [6, 6.07) is 15.8. The Morgan fingerprint density at radius 3 is 2.62 bits per heavy atom. The van der Waals surface area contributed by atoms with Crippen molar-refractivity contribution in [3.05, 3.63) is 70.2 Å². The van der Waals surface area contributed by atoms with Crippen LogP contribution < -0.4 is 0 Å². The molecule has 0 bridgehead atoms. The molecule has 1 aliphatic carbocycles. The lowest BCUT2D eigenvalue weighted by atomic mass is 9.72. The van der Waals surface area contributed by atoms with Crippen molar-refractivity contribution < 1.29 is 9.90 Å². The zero-order valence-electron chi connectivity index (χ0n) is 11.6. The van der Waals surface area contributed by atoms with Crippen molar-refractivity contribution in [2.75, 3.05) is 0 Å². The van der Waals surface area contributed by atoms with Gasteiger partial charge in [-0.25, -0.2) is 0 Å². The summed E-state index contributed by atoms with van der Waals surface area (Å²) >= 11 is 6.15. The fourth-order valence-electron chi connectivity index (χ4n) is 3.12. The molecule has 108 valence electrons. The highest BCUT2D eigenvalue weighted by atomic mass is 35.5. The number of aliphatic carboxylic acids is 1. The van der Waals surface area contributed by atoms with Crippen LogP contribution in [0.4, 0.5) is 0 Å². The Labute approximate surface area is 129 Å². The number of hydrogen-bond acceptors (Lipinski definition) is 1. The Morgan fingerprint density at radius 1 is 1.19 bits per heavy atom. The van der Waals surface area contributed by atoms with E-state index in [2.05, 4.69) is 12.1 Å². The average Bonchev–Trinajstić information content (AvgIpc) is 2.45. The number of rotatable bonds is 5. The highest BCUT2D eigenvalue weighted by molar-refractivity contribution is 6.31. The van der Waals surface area contributed by atoms with E-state index in [1.807, 2.05) is 36.4 Å². The van der Waals surface area contributed by atoms with Gasteiger partial charge in [0.1, 0.15) is 0 Å². The maximum absolute atomic E-state index is 11.6. The lowest BCUT2D eigenvalue weighted by molar-refractivity contribution is -0.142. The first-order chi connectivity index (χ1) is 10.1. The summed E-state index contributed by atoms with van der Waals surface area (Å²) in [5.74, 6) is -0.757. The zero-order valence-corrected chi connectivity index (χ0v) is 12.4. The molecule has 1 aliphatic rings. The number of fused-ring (bicyclic) bond motifs is 1. The molecule has 3 heteroatoms. The van der Waals surface area contributed by atoms with Crippen LogP contribution in [0.15, 0.2) is 48.5 Å². The molecule has 0 saturated heterocycles. The third-order valence-electron chi connectivity index (χ3n) is 4.30. The van der Waals surface area contributed by atoms with E-state index in [-0.39, 0.29) is 5.92 Å². The molecule has 0 aromatic heterocycles. The lowest BCUT2D eigenvalue weighted by Gasteiger charge is -2.32. The van der Waals surface area contributed by atoms with Gasteiger partial charge in [0.05, 0.1) is 5.92 Å².